The maximum absolute atomic E-state index is 13.5. The number of carbonyl (C=O) groups is 2. The van der Waals surface area contributed by atoms with Gasteiger partial charge in [-0.05, 0) is 31.5 Å². The molecule has 6 heteroatoms. The number of esters is 1. The number of nitrogens with one attached hydrogen (secondary N) is 1. The van der Waals surface area contributed by atoms with E-state index in [2.05, 4.69) is 21.2 Å². The highest BCUT2D eigenvalue weighted by Gasteiger charge is 2.17. The van der Waals surface area contributed by atoms with Crippen LogP contribution in [0, 0.1) is 5.82 Å². The number of carbonyl (C=O) groups excluding carboxylic acids is 2. The van der Waals surface area contributed by atoms with Crippen molar-refractivity contribution in [3.63, 3.8) is 0 Å². The average Bonchev–Trinajstić information content (AvgIpc) is 2.39. The Hall–Kier alpha value is -1.69. The lowest BCUT2D eigenvalue weighted by atomic mass is 10.3. The molecular formula is C14H15BrFNO3. The van der Waals surface area contributed by atoms with Crippen LogP contribution in [0.15, 0.2) is 34.8 Å². The quantitative estimate of drug-likeness (QED) is 0.658. The van der Waals surface area contributed by atoms with E-state index in [-0.39, 0.29) is 5.69 Å². The van der Waals surface area contributed by atoms with Gasteiger partial charge in [-0.25, -0.2) is 9.18 Å². The summed E-state index contributed by atoms with van der Waals surface area (Å²) in [6.45, 7) is 3.29. The van der Waals surface area contributed by atoms with Gasteiger partial charge in [-0.15, -0.1) is 0 Å². The normalized spacial score (nSPS) is 12.2. The summed E-state index contributed by atoms with van der Waals surface area (Å²) in [4.78, 5) is 23.1. The monoisotopic (exact) mass is 343 g/mol. The van der Waals surface area contributed by atoms with Gasteiger partial charge in [0.05, 0.1) is 5.69 Å². The molecule has 108 valence electrons. The molecule has 0 aliphatic rings. The molecule has 0 aliphatic heterocycles. The van der Waals surface area contributed by atoms with Gasteiger partial charge in [-0.3, -0.25) is 4.79 Å². The minimum absolute atomic E-state index is 0.0326. The van der Waals surface area contributed by atoms with E-state index in [9.17, 15) is 14.0 Å². The van der Waals surface area contributed by atoms with Gasteiger partial charge in [0.1, 0.15) is 5.82 Å². The predicted molar refractivity (Wildman–Crippen MR) is 77.7 cm³/mol. The van der Waals surface area contributed by atoms with Crippen LogP contribution in [0.3, 0.4) is 0 Å². The van der Waals surface area contributed by atoms with E-state index in [1.807, 2.05) is 6.92 Å². The van der Waals surface area contributed by atoms with E-state index in [0.29, 0.717) is 10.9 Å². The summed E-state index contributed by atoms with van der Waals surface area (Å²) < 4.78 is 19.0. The zero-order valence-corrected chi connectivity index (χ0v) is 12.7. The highest BCUT2D eigenvalue weighted by Crippen LogP contribution is 2.19. The van der Waals surface area contributed by atoms with Crippen LogP contribution >= 0.6 is 15.9 Å². The summed E-state index contributed by atoms with van der Waals surface area (Å²) in [6.07, 6.45) is 2.57. The molecule has 0 heterocycles. The molecule has 1 rings (SSSR count). The lowest BCUT2D eigenvalue weighted by Crippen LogP contribution is -2.29. The van der Waals surface area contributed by atoms with Crippen LogP contribution in [0.5, 0.6) is 0 Å². The van der Waals surface area contributed by atoms with Gasteiger partial charge in [0.15, 0.2) is 6.10 Å². The number of benzene rings is 1. The van der Waals surface area contributed by atoms with Gasteiger partial charge in [0.2, 0.25) is 0 Å². The Morgan fingerprint density at radius 3 is 2.80 bits per heavy atom. The molecule has 1 aromatic carbocycles. The summed E-state index contributed by atoms with van der Waals surface area (Å²) >= 11 is 3.12. The third-order valence-electron chi connectivity index (χ3n) is 2.34. The van der Waals surface area contributed by atoms with Crippen molar-refractivity contribution >= 4 is 33.5 Å². The first kappa shape index (κ1) is 16.4. The standard InChI is InChI=1S/C14H15BrFNO3/c1-3-4-5-13(18)20-9(2)14(19)17-12-7-6-10(15)8-11(12)16/h4-9H,3H2,1-2H3,(H,17,19)/b5-4+/t9-/m0/s1. The number of rotatable bonds is 5. The van der Waals surface area contributed by atoms with Crippen molar-refractivity contribution in [1.82, 2.24) is 0 Å². The first-order valence-corrected chi connectivity index (χ1v) is 6.86. The number of hydrogen-bond acceptors (Lipinski definition) is 3. The molecule has 0 saturated carbocycles. The number of hydrogen-bond donors (Lipinski definition) is 1. The number of ether oxygens (including phenoxy) is 1. The molecule has 1 amide bonds. The predicted octanol–water partition coefficient (Wildman–Crippen LogP) is 3.42. The molecule has 0 unspecified atom stereocenters. The summed E-state index contributed by atoms with van der Waals surface area (Å²) in [7, 11) is 0. The number of allylic oxidation sites excluding steroid dienone is 1. The third-order valence-corrected chi connectivity index (χ3v) is 2.83. The van der Waals surface area contributed by atoms with Crippen LogP contribution in [-0.2, 0) is 14.3 Å². The molecule has 1 aromatic rings. The van der Waals surface area contributed by atoms with Crippen molar-refractivity contribution in [3.8, 4) is 0 Å². The molecule has 0 saturated heterocycles. The Balaban J connectivity index is 2.61. The highest BCUT2D eigenvalue weighted by molar-refractivity contribution is 9.10. The first-order valence-electron chi connectivity index (χ1n) is 6.07. The number of anilines is 1. The molecular weight excluding hydrogens is 329 g/mol. The van der Waals surface area contributed by atoms with Crippen molar-refractivity contribution < 1.29 is 18.7 Å². The topological polar surface area (TPSA) is 55.4 Å². The summed E-state index contributed by atoms with van der Waals surface area (Å²) in [5.41, 5.74) is 0.0326. The van der Waals surface area contributed by atoms with Gasteiger partial charge in [0, 0.05) is 10.5 Å². The zero-order chi connectivity index (χ0) is 15.1. The Kier molecular flexibility index (Phi) is 6.38. The van der Waals surface area contributed by atoms with Gasteiger partial charge < -0.3 is 10.1 Å². The van der Waals surface area contributed by atoms with Gasteiger partial charge >= 0.3 is 5.97 Å². The van der Waals surface area contributed by atoms with Crippen LogP contribution in [0.1, 0.15) is 20.3 Å². The van der Waals surface area contributed by atoms with Crippen molar-refractivity contribution in [2.24, 2.45) is 0 Å². The van der Waals surface area contributed by atoms with E-state index < -0.39 is 23.8 Å². The van der Waals surface area contributed by atoms with Crippen LogP contribution in [0.4, 0.5) is 10.1 Å². The summed E-state index contributed by atoms with van der Waals surface area (Å²) in [5, 5.41) is 2.36. The van der Waals surface area contributed by atoms with E-state index in [1.165, 1.54) is 25.1 Å². The van der Waals surface area contributed by atoms with Crippen molar-refractivity contribution in [2.45, 2.75) is 26.4 Å². The van der Waals surface area contributed by atoms with E-state index in [1.54, 1.807) is 12.1 Å². The molecule has 1 atom stereocenters. The molecule has 0 aromatic heterocycles. The second-order valence-corrected chi connectivity index (χ2v) is 4.92. The SMILES string of the molecule is CC/C=C/C(=O)O[C@@H](C)C(=O)Nc1ccc(Br)cc1F. The Bertz CT molecular complexity index is 531. The molecule has 0 spiro atoms. The Morgan fingerprint density at radius 2 is 2.20 bits per heavy atom. The Labute approximate surface area is 125 Å². The Morgan fingerprint density at radius 1 is 1.50 bits per heavy atom. The maximum Gasteiger partial charge on any atom is 0.331 e. The second kappa shape index (κ2) is 7.79. The summed E-state index contributed by atoms with van der Waals surface area (Å²) in [5.74, 6) is -1.77. The average molecular weight is 344 g/mol. The van der Waals surface area contributed by atoms with Crippen LogP contribution in [0.25, 0.3) is 0 Å². The fourth-order valence-electron chi connectivity index (χ4n) is 1.31. The van der Waals surface area contributed by atoms with Crippen LogP contribution in [0.2, 0.25) is 0 Å². The molecule has 20 heavy (non-hydrogen) atoms. The summed E-state index contributed by atoms with van der Waals surface area (Å²) in [6, 6.07) is 4.25. The fourth-order valence-corrected chi connectivity index (χ4v) is 1.64. The smallest absolute Gasteiger partial charge is 0.331 e. The number of amides is 1. The molecule has 1 N–H and O–H groups in total. The molecule has 0 aliphatic carbocycles. The molecule has 0 radical (unpaired) electrons. The minimum Gasteiger partial charge on any atom is -0.449 e. The fraction of sp³-hybridized carbons (Fsp3) is 0.286. The lowest BCUT2D eigenvalue weighted by Gasteiger charge is -2.12. The van der Waals surface area contributed by atoms with Crippen molar-refractivity contribution in [2.75, 3.05) is 5.32 Å². The van der Waals surface area contributed by atoms with Gasteiger partial charge in [-0.2, -0.15) is 0 Å². The van der Waals surface area contributed by atoms with Crippen molar-refractivity contribution in [1.29, 1.82) is 0 Å². The van der Waals surface area contributed by atoms with Crippen LogP contribution < -0.4 is 5.32 Å². The lowest BCUT2D eigenvalue weighted by molar-refractivity contribution is -0.148. The molecule has 0 bridgehead atoms. The largest absolute Gasteiger partial charge is 0.449 e. The van der Waals surface area contributed by atoms with Crippen molar-refractivity contribution in [3.05, 3.63) is 40.6 Å². The number of halogens is 2. The maximum atomic E-state index is 13.5. The van der Waals surface area contributed by atoms with E-state index >= 15 is 0 Å². The zero-order valence-electron chi connectivity index (χ0n) is 11.2. The minimum atomic E-state index is -1.01. The van der Waals surface area contributed by atoms with Gasteiger partial charge in [0.25, 0.3) is 5.91 Å². The molecule has 0 fully saturated rings. The van der Waals surface area contributed by atoms with E-state index in [0.717, 1.165) is 0 Å². The third kappa shape index (κ3) is 5.13. The van der Waals surface area contributed by atoms with Gasteiger partial charge in [-0.1, -0.05) is 28.9 Å². The first-order chi connectivity index (χ1) is 9.43. The highest BCUT2D eigenvalue weighted by atomic mass is 79.9. The van der Waals surface area contributed by atoms with E-state index in [4.69, 9.17) is 4.74 Å². The molecule has 4 nitrogen and oxygen atoms in total. The van der Waals surface area contributed by atoms with Crippen LogP contribution in [-0.4, -0.2) is 18.0 Å². The second-order valence-electron chi connectivity index (χ2n) is 4.00.